The van der Waals surface area contributed by atoms with Crippen LogP contribution in [0.5, 0.6) is 0 Å². The molecule has 5 heteroatoms. The van der Waals surface area contributed by atoms with Crippen LogP contribution in [-0.2, 0) is 4.74 Å². The maximum absolute atomic E-state index is 11.6. The highest BCUT2D eigenvalue weighted by atomic mass is 35.5. The number of rotatable bonds is 3. The first-order valence-corrected chi connectivity index (χ1v) is 6.44. The lowest BCUT2D eigenvalue weighted by Gasteiger charge is -2.24. The Hall–Kier alpha value is -1.26. The van der Waals surface area contributed by atoms with Crippen LogP contribution in [0.3, 0.4) is 0 Å². The van der Waals surface area contributed by atoms with Crippen LogP contribution in [0.25, 0.3) is 0 Å². The van der Waals surface area contributed by atoms with Gasteiger partial charge < -0.3 is 15.4 Å². The van der Waals surface area contributed by atoms with Crippen LogP contribution in [0, 0.1) is 0 Å². The number of nitrogens with one attached hydrogen (secondary N) is 2. The third-order valence-corrected chi connectivity index (χ3v) is 3.30. The monoisotopic (exact) mass is 268 g/mol. The first-order chi connectivity index (χ1) is 8.70. The molecule has 0 bridgehead atoms. The summed E-state index contributed by atoms with van der Waals surface area (Å²) in [5.74, 6) is -0.177. The lowest BCUT2D eigenvalue weighted by molar-refractivity contribution is 0.0876. The van der Waals surface area contributed by atoms with Gasteiger partial charge in [-0.25, -0.2) is 0 Å². The van der Waals surface area contributed by atoms with Gasteiger partial charge in [0.2, 0.25) is 0 Å². The summed E-state index contributed by atoms with van der Waals surface area (Å²) in [5, 5.41) is 6.40. The second-order valence-electron chi connectivity index (χ2n) is 4.33. The molecule has 0 radical (unpaired) electrons. The number of carbonyl (C=O) groups is 1. The zero-order valence-electron chi connectivity index (χ0n) is 10.3. The smallest absolute Gasteiger partial charge is 0.252 e. The van der Waals surface area contributed by atoms with Gasteiger partial charge in [-0.1, -0.05) is 11.6 Å². The molecule has 1 amide bonds. The summed E-state index contributed by atoms with van der Waals surface area (Å²) in [6.07, 6.45) is 2.14. The van der Waals surface area contributed by atoms with Crippen molar-refractivity contribution < 1.29 is 9.53 Å². The number of carbonyl (C=O) groups excluding carboxylic acids is 1. The average molecular weight is 269 g/mol. The molecule has 1 aromatic carbocycles. The molecule has 0 aromatic heterocycles. The standard InChI is InChI=1S/C13H17ClN2O2/c1-15-13(17)11-7-9(4-5-12(11)14)16-10-3-2-6-18-8-10/h4-5,7,10,16H,2-3,6,8H2,1H3,(H,15,17). The Morgan fingerprint density at radius 1 is 1.50 bits per heavy atom. The summed E-state index contributed by atoms with van der Waals surface area (Å²) >= 11 is 6.00. The van der Waals surface area contributed by atoms with Crippen LogP contribution in [-0.4, -0.2) is 32.2 Å². The van der Waals surface area contributed by atoms with E-state index in [9.17, 15) is 4.79 Å². The predicted octanol–water partition coefficient (Wildman–Crippen LogP) is 2.29. The van der Waals surface area contributed by atoms with E-state index in [0.29, 0.717) is 23.2 Å². The number of benzene rings is 1. The number of ether oxygens (including phenoxy) is 1. The molecule has 1 atom stereocenters. The van der Waals surface area contributed by atoms with Crippen LogP contribution >= 0.6 is 11.6 Å². The summed E-state index contributed by atoms with van der Waals surface area (Å²) < 4.78 is 5.41. The van der Waals surface area contributed by atoms with Crippen LogP contribution in [0.1, 0.15) is 23.2 Å². The molecule has 18 heavy (non-hydrogen) atoms. The average Bonchev–Trinajstić information content (AvgIpc) is 2.41. The SMILES string of the molecule is CNC(=O)c1cc(NC2CCCOC2)ccc1Cl. The quantitative estimate of drug-likeness (QED) is 0.884. The van der Waals surface area contributed by atoms with Crippen molar-refractivity contribution in [2.24, 2.45) is 0 Å². The topological polar surface area (TPSA) is 50.4 Å². The lowest BCUT2D eigenvalue weighted by Crippen LogP contribution is -2.30. The molecule has 0 saturated carbocycles. The third kappa shape index (κ3) is 3.15. The molecule has 2 N–H and O–H groups in total. The number of anilines is 1. The first kappa shape index (κ1) is 13.2. The van der Waals surface area contributed by atoms with E-state index in [1.54, 1.807) is 19.2 Å². The van der Waals surface area contributed by atoms with Crippen molar-refractivity contribution in [1.82, 2.24) is 5.32 Å². The van der Waals surface area contributed by atoms with Crippen molar-refractivity contribution in [1.29, 1.82) is 0 Å². The van der Waals surface area contributed by atoms with Gasteiger partial charge >= 0.3 is 0 Å². The number of hydrogen-bond acceptors (Lipinski definition) is 3. The number of hydrogen-bond donors (Lipinski definition) is 2. The van der Waals surface area contributed by atoms with Gasteiger partial charge in [-0.15, -0.1) is 0 Å². The van der Waals surface area contributed by atoms with Gasteiger partial charge in [0.15, 0.2) is 0 Å². The maximum Gasteiger partial charge on any atom is 0.252 e. The third-order valence-electron chi connectivity index (χ3n) is 2.97. The molecule has 1 aliphatic heterocycles. The highest BCUT2D eigenvalue weighted by Crippen LogP contribution is 2.22. The van der Waals surface area contributed by atoms with Crippen molar-refractivity contribution in [3.05, 3.63) is 28.8 Å². The van der Waals surface area contributed by atoms with E-state index in [1.165, 1.54) is 0 Å². The minimum Gasteiger partial charge on any atom is -0.380 e. The van der Waals surface area contributed by atoms with Crippen LogP contribution < -0.4 is 10.6 Å². The van der Waals surface area contributed by atoms with E-state index in [0.717, 1.165) is 25.1 Å². The molecular formula is C13H17ClN2O2. The fourth-order valence-corrected chi connectivity index (χ4v) is 2.22. The van der Waals surface area contributed by atoms with E-state index in [-0.39, 0.29) is 5.91 Å². The van der Waals surface area contributed by atoms with Gasteiger partial charge in [0.05, 0.1) is 17.2 Å². The Morgan fingerprint density at radius 2 is 2.33 bits per heavy atom. The molecule has 1 unspecified atom stereocenters. The number of halogens is 1. The summed E-state index contributed by atoms with van der Waals surface area (Å²) in [5.41, 5.74) is 1.38. The Morgan fingerprint density at radius 3 is 3.00 bits per heavy atom. The Balaban J connectivity index is 2.11. The molecule has 2 rings (SSSR count). The second kappa shape index (κ2) is 6.07. The van der Waals surface area contributed by atoms with E-state index in [4.69, 9.17) is 16.3 Å². The van der Waals surface area contributed by atoms with Crippen molar-refractivity contribution >= 4 is 23.2 Å². The van der Waals surface area contributed by atoms with Crippen molar-refractivity contribution in [2.75, 3.05) is 25.6 Å². The largest absolute Gasteiger partial charge is 0.380 e. The summed E-state index contributed by atoms with van der Waals surface area (Å²) in [6, 6.07) is 5.69. The van der Waals surface area contributed by atoms with E-state index in [2.05, 4.69) is 10.6 Å². The Kier molecular flexibility index (Phi) is 4.44. The second-order valence-corrected chi connectivity index (χ2v) is 4.74. The molecule has 1 heterocycles. The predicted molar refractivity (Wildman–Crippen MR) is 72.3 cm³/mol. The number of amides is 1. The molecule has 1 aromatic rings. The zero-order valence-corrected chi connectivity index (χ0v) is 11.1. The summed E-state index contributed by atoms with van der Waals surface area (Å²) in [4.78, 5) is 11.6. The van der Waals surface area contributed by atoms with E-state index in [1.807, 2.05) is 6.07 Å². The van der Waals surface area contributed by atoms with Gasteiger partial charge in [-0.3, -0.25) is 4.79 Å². The molecule has 1 aliphatic rings. The minimum absolute atomic E-state index is 0.177. The Labute approximate surface area is 112 Å². The molecule has 1 saturated heterocycles. The molecule has 4 nitrogen and oxygen atoms in total. The van der Waals surface area contributed by atoms with Crippen molar-refractivity contribution in [2.45, 2.75) is 18.9 Å². The summed E-state index contributed by atoms with van der Waals surface area (Å²) in [6.45, 7) is 1.54. The van der Waals surface area contributed by atoms with Gasteiger partial charge in [0.25, 0.3) is 5.91 Å². The first-order valence-electron chi connectivity index (χ1n) is 6.06. The summed E-state index contributed by atoms with van der Waals surface area (Å²) in [7, 11) is 1.59. The molecule has 1 fully saturated rings. The van der Waals surface area contributed by atoms with Gasteiger partial charge in [-0.2, -0.15) is 0 Å². The van der Waals surface area contributed by atoms with E-state index >= 15 is 0 Å². The molecule has 0 spiro atoms. The van der Waals surface area contributed by atoms with Gasteiger partial charge in [0.1, 0.15) is 0 Å². The molecule has 98 valence electrons. The fourth-order valence-electron chi connectivity index (χ4n) is 2.01. The Bertz CT molecular complexity index is 431. The highest BCUT2D eigenvalue weighted by molar-refractivity contribution is 6.34. The normalized spacial score (nSPS) is 19.3. The van der Waals surface area contributed by atoms with E-state index < -0.39 is 0 Å². The minimum atomic E-state index is -0.177. The maximum atomic E-state index is 11.6. The molecular weight excluding hydrogens is 252 g/mol. The van der Waals surface area contributed by atoms with Gasteiger partial charge in [-0.05, 0) is 31.0 Å². The van der Waals surface area contributed by atoms with Gasteiger partial charge in [0, 0.05) is 25.4 Å². The zero-order chi connectivity index (χ0) is 13.0. The molecule has 0 aliphatic carbocycles. The van der Waals surface area contributed by atoms with Crippen LogP contribution in [0.15, 0.2) is 18.2 Å². The van der Waals surface area contributed by atoms with Crippen molar-refractivity contribution in [3.8, 4) is 0 Å². The van der Waals surface area contributed by atoms with Crippen molar-refractivity contribution in [3.63, 3.8) is 0 Å². The highest BCUT2D eigenvalue weighted by Gasteiger charge is 2.15. The fraction of sp³-hybridized carbons (Fsp3) is 0.462. The van der Waals surface area contributed by atoms with Crippen LogP contribution in [0.2, 0.25) is 5.02 Å². The lowest BCUT2D eigenvalue weighted by atomic mass is 10.1. The van der Waals surface area contributed by atoms with Crippen LogP contribution in [0.4, 0.5) is 5.69 Å².